The molecule has 0 aromatic carbocycles. The second kappa shape index (κ2) is 9.67. The summed E-state index contributed by atoms with van der Waals surface area (Å²) in [5.74, 6) is -0.686. The van der Waals surface area contributed by atoms with Gasteiger partial charge in [0.05, 0.1) is 6.20 Å². The number of rotatable bonds is 10. The van der Waals surface area contributed by atoms with Gasteiger partial charge in [0.15, 0.2) is 0 Å². The Morgan fingerprint density at radius 3 is 2.37 bits per heavy atom. The molecule has 0 spiro atoms. The zero-order valence-electron chi connectivity index (χ0n) is 11.2. The van der Waals surface area contributed by atoms with Crippen molar-refractivity contribution in [2.45, 2.75) is 57.8 Å². The van der Waals surface area contributed by atoms with Crippen LogP contribution in [0.25, 0.3) is 0 Å². The molecular weight excluding hydrogens is 260 g/mol. The number of carbonyl (C=O) groups is 1. The summed E-state index contributed by atoms with van der Waals surface area (Å²) in [6, 6.07) is 0. The second-order valence-electron chi connectivity index (χ2n) is 4.79. The molecule has 19 heavy (non-hydrogen) atoms. The van der Waals surface area contributed by atoms with Gasteiger partial charge in [0.2, 0.25) is 0 Å². The Kier molecular flexibility index (Phi) is 8.05. The number of carboxylic acids is 1. The minimum Gasteiger partial charge on any atom is -0.481 e. The molecule has 1 aromatic heterocycles. The first-order valence-electron chi connectivity index (χ1n) is 6.93. The van der Waals surface area contributed by atoms with E-state index in [2.05, 4.69) is 9.97 Å². The number of aryl methyl sites for hydroxylation is 1. The van der Waals surface area contributed by atoms with E-state index in [0.717, 1.165) is 37.8 Å². The Morgan fingerprint density at radius 2 is 1.74 bits per heavy atom. The third kappa shape index (κ3) is 8.48. The number of hydrogen-bond acceptors (Lipinski definition) is 3. The van der Waals surface area contributed by atoms with Crippen LogP contribution in [0.2, 0.25) is 0 Å². The maximum absolute atomic E-state index is 10.3. The van der Waals surface area contributed by atoms with Gasteiger partial charge in [0.25, 0.3) is 0 Å². The quantitative estimate of drug-likeness (QED) is 0.505. The summed E-state index contributed by atoms with van der Waals surface area (Å²) in [4.78, 5) is 17.5. The molecule has 4 nitrogen and oxygen atoms in total. The number of aliphatic carboxylic acids is 1. The number of aromatic amines is 1. The van der Waals surface area contributed by atoms with E-state index in [0.29, 0.717) is 11.1 Å². The van der Waals surface area contributed by atoms with Crippen LogP contribution in [-0.2, 0) is 11.2 Å². The molecule has 0 saturated carbocycles. The van der Waals surface area contributed by atoms with E-state index in [4.69, 9.17) is 17.3 Å². The molecule has 5 heteroatoms. The summed E-state index contributed by atoms with van der Waals surface area (Å²) in [7, 11) is 0. The highest BCUT2D eigenvalue weighted by molar-refractivity contribution is 7.71. The molecule has 0 fully saturated rings. The average molecular weight is 282 g/mol. The van der Waals surface area contributed by atoms with Gasteiger partial charge in [-0.15, -0.1) is 0 Å². The number of nitrogens with one attached hydrogen (secondary N) is 1. The van der Waals surface area contributed by atoms with Crippen molar-refractivity contribution in [3.05, 3.63) is 22.7 Å². The standard InChI is InChI=1S/C14H22N2O2S/c17-14(18)9-7-5-3-1-2-4-6-8-12-10-15-11-13(19)16-12/h10-11H,1-9H2,(H,16,19)(H,17,18). The van der Waals surface area contributed by atoms with E-state index in [1.165, 1.54) is 19.3 Å². The van der Waals surface area contributed by atoms with Crippen molar-refractivity contribution in [1.82, 2.24) is 9.97 Å². The van der Waals surface area contributed by atoms with Crippen molar-refractivity contribution in [3.63, 3.8) is 0 Å². The van der Waals surface area contributed by atoms with Crippen molar-refractivity contribution in [1.29, 1.82) is 0 Å². The zero-order valence-corrected chi connectivity index (χ0v) is 12.0. The molecule has 0 atom stereocenters. The van der Waals surface area contributed by atoms with E-state index >= 15 is 0 Å². The molecule has 0 unspecified atom stereocenters. The van der Waals surface area contributed by atoms with Gasteiger partial charge in [0.1, 0.15) is 4.64 Å². The Bertz CT molecular complexity index is 431. The van der Waals surface area contributed by atoms with E-state index in [9.17, 15) is 4.79 Å². The van der Waals surface area contributed by atoms with Crippen LogP contribution >= 0.6 is 12.2 Å². The van der Waals surface area contributed by atoms with Gasteiger partial charge in [-0.2, -0.15) is 0 Å². The molecule has 0 amide bonds. The minimum absolute atomic E-state index is 0.306. The number of hydrogen-bond donors (Lipinski definition) is 2. The highest BCUT2D eigenvalue weighted by atomic mass is 32.1. The minimum atomic E-state index is -0.686. The molecule has 106 valence electrons. The molecule has 0 aliphatic carbocycles. The number of H-pyrrole nitrogens is 1. The fraction of sp³-hybridized carbons (Fsp3) is 0.643. The first-order chi connectivity index (χ1) is 9.18. The van der Waals surface area contributed by atoms with Crippen molar-refractivity contribution < 1.29 is 9.90 Å². The maximum atomic E-state index is 10.3. The van der Waals surface area contributed by atoms with Crippen LogP contribution < -0.4 is 0 Å². The van der Waals surface area contributed by atoms with Crippen molar-refractivity contribution >= 4 is 18.2 Å². The lowest BCUT2D eigenvalue weighted by atomic mass is 10.1. The lowest BCUT2D eigenvalue weighted by molar-refractivity contribution is -0.137. The largest absolute Gasteiger partial charge is 0.481 e. The van der Waals surface area contributed by atoms with Crippen LogP contribution in [0.15, 0.2) is 12.4 Å². The molecule has 1 rings (SSSR count). The molecule has 2 N–H and O–H groups in total. The van der Waals surface area contributed by atoms with Gasteiger partial charge in [-0.05, 0) is 19.3 Å². The summed E-state index contributed by atoms with van der Waals surface area (Å²) < 4.78 is 0.691. The molecule has 0 bridgehead atoms. The third-order valence-electron chi connectivity index (χ3n) is 3.04. The predicted molar refractivity (Wildman–Crippen MR) is 77.7 cm³/mol. The van der Waals surface area contributed by atoms with Crippen molar-refractivity contribution in [2.24, 2.45) is 0 Å². The van der Waals surface area contributed by atoms with Gasteiger partial charge in [-0.3, -0.25) is 9.78 Å². The highest BCUT2D eigenvalue weighted by Crippen LogP contribution is 2.10. The van der Waals surface area contributed by atoms with E-state index in [1.807, 2.05) is 6.20 Å². The smallest absolute Gasteiger partial charge is 0.303 e. The monoisotopic (exact) mass is 282 g/mol. The van der Waals surface area contributed by atoms with Crippen LogP contribution in [0.3, 0.4) is 0 Å². The Morgan fingerprint density at radius 1 is 1.11 bits per heavy atom. The van der Waals surface area contributed by atoms with E-state index < -0.39 is 5.97 Å². The fourth-order valence-corrected chi connectivity index (χ4v) is 2.21. The normalized spacial score (nSPS) is 10.5. The lowest BCUT2D eigenvalue weighted by Gasteiger charge is -2.02. The molecule has 0 saturated heterocycles. The average Bonchev–Trinajstić information content (AvgIpc) is 2.36. The fourth-order valence-electron chi connectivity index (χ4n) is 2.02. The van der Waals surface area contributed by atoms with Gasteiger partial charge < -0.3 is 10.1 Å². The summed E-state index contributed by atoms with van der Waals surface area (Å²) in [5, 5.41) is 8.50. The molecule has 0 aliphatic heterocycles. The van der Waals surface area contributed by atoms with Crippen molar-refractivity contribution in [2.75, 3.05) is 0 Å². The third-order valence-corrected chi connectivity index (χ3v) is 3.25. The SMILES string of the molecule is O=C(O)CCCCCCCCCc1cncc(=S)[nH]1. The number of carboxylic acid groups (broad SMARTS) is 1. The Labute approximate surface area is 119 Å². The van der Waals surface area contributed by atoms with Crippen molar-refractivity contribution in [3.8, 4) is 0 Å². The summed E-state index contributed by atoms with van der Waals surface area (Å²) in [6.45, 7) is 0. The number of nitrogens with zero attached hydrogens (tertiary/aromatic N) is 1. The second-order valence-corrected chi connectivity index (χ2v) is 5.23. The van der Waals surface area contributed by atoms with Crippen LogP contribution in [-0.4, -0.2) is 21.0 Å². The molecule has 0 aliphatic rings. The molecule has 0 radical (unpaired) electrons. The Hall–Kier alpha value is -1.23. The van der Waals surface area contributed by atoms with Crippen LogP contribution in [0.4, 0.5) is 0 Å². The van der Waals surface area contributed by atoms with E-state index in [-0.39, 0.29) is 0 Å². The first-order valence-corrected chi connectivity index (χ1v) is 7.34. The summed E-state index contributed by atoms with van der Waals surface area (Å²) in [6.07, 6.45) is 12.5. The highest BCUT2D eigenvalue weighted by Gasteiger charge is 1.97. The van der Waals surface area contributed by atoms with Crippen LogP contribution in [0.1, 0.15) is 57.1 Å². The van der Waals surface area contributed by atoms with Gasteiger partial charge in [-0.1, -0.05) is 44.3 Å². The van der Waals surface area contributed by atoms with Gasteiger partial charge >= 0.3 is 5.97 Å². The van der Waals surface area contributed by atoms with Gasteiger partial charge in [-0.25, -0.2) is 0 Å². The first kappa shape index (κ1) is 15.8. The molecular formula is C14H22N2O2S. The zero-order chi connectivity index (χ0) is 13.9. The van der Waals surface area contributed by atoms with Crippen LogP contribution in [0.5, 0.6) is 0 Å². The lowest BCUT2D eigenvalue weighted by Crippen LogP contribution is -1.94. The van der Waals surface area contributed by atoms with Gasteiger partial charge in [0, 0.05) is 18.3 Å². The number of unbranched alkanes of at least 4 members (excludes halogenated alkanes) is 6. The number of aromatic nitrogens is 2. The van der Waals surface area contributed by atoms with E-state index in [1.54, 1.807) is 6.20 Å². The van der Waals surface area contributed by atoms with Crippen LogP contribution in [0, 0.1) is 4.64 Å². The molecule has 1 heterocycles. The molecule has 1 aromatic rings. The summed E-state index contributed by atoms with van der Waals surface area (Å²) in [5.41, 5.74) is 1.11. The predicted octanol–water partition coefficient (Wildman–Crippen LogP) is 3.89. The maximum Gasteiger partial charge on any atom is 0.303 e. The Balaban J connectivity index is 1.94. The summed E-state index contributed by atoms with van der Waals surface area (Å²) >= 11 is 5.02. The topological polar surface area (TPSA) is 66.0 Å².